The molecule has 0 radical (unpaired) electrons. The minimum absolute atomic E-state index is 0.161. The maximum Gasteiger partial charge on any atom is 0.191 e. The van der Waals surface area contributed by atoms with E-state index < -0.39 is 0 Å². The van der Waals surface area contributed by atoms with Gasteiger partial charge in [-0.05, 0) is 43.4 Å². The van der Waals surface area contributed by atoms with Gasteiger partial charge < -0.3 is 10.6 Å². The first-order chi connectivity index (χ1) is 8.70. The second kappa shape index (κ2) is 4.59. The quantitative estimate of drug-likeness (QED) is 0.838. The minimum atomic E-state index is -0.161. The van der Waals surface area contributed by atoms with Crippen LogP contribution >= 0.6 is 0 Å². The Labute approximate surface area is 106 Å². The monoisotopic (exact) mass is 247 g/mol. The van der Waals surface area contributed by atoms with Crippen LogP contribution in [0, 0.1) is 5.82 Å². The van der Waals surface area contributed by atoms with Crippen molar-refractivity contribution in [1.82, 2.24) is 10.6 Å². The van der Waals surface area contributed by atoms with Crippen LogP contribution in [-0.2, 0) is 0 Å². The molecule has 3 rings (SSSR count). The van der Waals surface area contributed by atoms with Crippen molar-refractivity contribution in [3.63, 3.8) is 0 Å². The summed E-state index contributed by atoms with van der Waals surface area (Å²) in [6.07, 6.45) is 2.20. The van der Waals surface area contributed by atoms with Crippen LogP contribution in [0.5, 0.6) is 0 Å². The number of hydrogen-bond donors (Lipinski definition) is 2. The molecule has 1 atom stereocenters. The molecule has 2 aliphatic rings. The van der Waals surface area contributed by atoms with Crippen molar-refractivity contribution in [2.75, 3.05) is 6.54 Å². The van der Waals surface area contributed by atoms with Crippen molar-refractivity contribution in [3.8, 4) is 0 Å². The van der Waals surface area contributed by atoms with Gasteiger partial charge in [0.05, 0.1) is 6.54 Å². The lowest BCUT2D eigenvalue weighted by molar-refractivity contribution is 0.322. The molecule has 96 valence electrons. The third kappa shape index (κ3) is 2.33. The Bertz CT molecular complexity index is 449. The van der Waals surface area contributed by atoms with E-state index in [2.05, 4.69) is 22.5 Å². The van der Waals surface area contributed by atoms with Crippen LogP contribution in [0.3, 0.4) is 0 Å². The highest BCUT2D eigenvalue weighted by atomic mass is 19.1. The fraction of sp³-hybridized carbons (Fsp3) is 0.500. The van der Waals surface area contributed by atoms with Gasteiger partial charge in [0.25, 0.3) is 0 Å². The Balaban J connectivity index is 1.50. The highest BCUT2D eigenvalue weighted by Crippen LogP contribution is 2.36. The summed E-state index contributed by atoms with van der Waals surface area (Å²) in [5, 5.41) is 6.73. The fourth-order valence-corrected chi connectivity index (χ4v) is 2.58. The van der Waals surface area contributed by atoms with E-state index in [1.54, 1.807) is 12.1 Å². The van der Waals surface area contributed by atoms with Crippen LogP contribution in [-0.4, -0.2) is 24.6 Å². The van der Waals surface area contributed by atoms with E-state index in [1.807, 2.05) is 12.1 Å². The smallest absolute Gasteiger partial charge is 0.191 e. The number of benzene rings is 1. The molecule has 1 aliphatic heterocycles. The van der Waals surface area contributed by atoms with Gasteiger partial charge in [0, 0.05) is 12.1 Å². The first kappa shape index (κ1) is 11.5. The van der Waals surface area contributed by atoms with Gasteiger partial charge in [0.15, 0.2) is 5.96 Å². The Kier molecular flexibility index (Phi) is 2.94. The molecule has 1 fully saturated rings. The van der Waals surface area contributed by atoms with E-state index in [1.165, 1.54) is 5.56 Å². The highest BCUT2D eigenvalue weighted by Gasteiger charge is 2.31. The van der Waals surface area contributed by atoms with E-state index in [4.69, 9.17) is 0 Å². The molecule has 1 unspecified atom stereocenters. The number of aliphatic imine (C=N–C) groups is 1. The number of guanidine groups is 1. The average Bonchev–Trinajstić information content (AvgIpc) is 2.71. The highest BCUT2D eigenvalue weighted by molar-refractivity contribution is 5.82. The summed E-state index contributed by atoms with van der Waals surface area (Å²) in [5.41, 5.74) is 1.24. The van der Waals surface area contributed by atoms with Gasteiger partial charge in [-0.2, -0.15) is 0 Å². The van der Waals surface area contributed by atoms with Crippen molar-refractivity contribution in [2.45, 2.75) is 37.8 Å². The number of hydrogen-bond acceptors (Lipinski definition) is 3. The van der Waals surface area contributed by atoms with E-state index >= 15 is 0 Å². The molecule has 1 aliphatic carbocycles. The summed E-state index contributed by atoms with van der Waals surface area (Å²) in [6, 6.07) is 7.81. The largest absolute Gasteiger partial charge is 0.354 e. The van der Waals surface area contributed by atoms with Crippen LogP contribution in [0.15, 0.2) is 29.3 Å². The summed E-state index contributed by atoms with van der Waals surface area (Å²) in [7, 11) is 0. The van der Waals surface area contributed by atoms with Crippen LogP contribution < -0.4 is 10.6 Å². The van der Waals surface area contributed by atoms with E-state index in [0.717, 1.165) is 25.3 Å². The first-order valence-corrected chi connectivity index (χ1v) is 6.53. The van der Waals surface area contributed by atoms with Crippen molar-refractivity contribution in [2.24, 2.45) is 4.99 Å². The molecule has 3 nitrogen and oxygen atoms in total. The van der Waals surface area contributed by atoms with Gasteiger partial charge in [-0.3, -0.25) is 4.99 Å². The summed E-state index contributed by atoms with van der Waals surface area (Å²) in [6.45, 7) is 2.98. The molecule has 18 heavy (non-hydrogen) atoms. The van der Waals surface area contributed by atoms with Crippen molar-refractivity contribution in [1.29, 1.82) is 0 Å². The van der Waals surface area contributed by atoms with Gasteiger partial charge in [-0.25, -0.2) is 4.39 Å². The Morgan fingerprint density at radius 1 is 1.28 bits per heavy atom. The third-order valence-electron chi connectivity index (χ3n) is 3.73. The van der Waals surface area contributed by atoms with Crippen LogP contribution in [0.2, 0.25) is 0 Å². The topological polar surface area (TPSA) is 36.4 Å². The fourth-order valence-electron chi connectivity index (χ4n) is 2.58. The predicted molar refractivity (Wildman–Crippen MR) is 70.2 cm³/mol. The van der Waals surface area contributed by atoms with Gasteiger partial charge in [0.2, 0.25) is 0 Å². The molecule has 1 saturated carbocycles. The van der Waals surface area contributed by atoms with Gasteiger partial charge in [0.1, 0.15) is 5.82 Å². The summed E-state index contributed by atoms with van der Waals surface area (Å²) in [5.74, 6) is 1.33. The molecule has 2 N–H and O–H groups in total. The molecular formula is C14H18FN3. The molecule has 1 aromatic carbocycles. The van der Waals surface area contributed by atoms with Crippen LogP contribution in [0.1, 0.15) is 31.2 Å². The predicted octanol–water partition coefficient (Wildman–Crippen LogP) is 2.01. The first-order valence-electron chi connectivity index (χ1n) is 6.53. The SMILES string of the molecule is CC1CN=C(NC2CC(c3ccc(F)cc3)C2)N1. The van der Waals surface area contributed by atoms with E-state index in [0.29, 0.717) is 18.0 Å². The standard InChI is InChI=1S/C14H18FN3/c1-9-8-16-14(17-9)18-13-6-11(7-13)10-2-4-12(15)5-3-10/h2-5,9,11,13H,6-8H2,1H3,(H2,16,17,18). The number of rotatable bonds is 2. The zero-order valence-electron chi connectivity index (χ0n) is 10.5. The number of nitrogens with one attached hydrogen (secondary N) is 2. The summed E-state index contributed by atoms with van der Waals surface area (Å²) < 4.78 is 12.8. The molecule has 1 heterocycles. The molecule has 0 saturated heterocycles. The van der Waals surface area contributed by atoms with Gasteiger partial charge in [-0.15, -0.1) is 0 Å². The maximum absolute atomic E-state index is 12.8. The van der Waals surface area contributed by atoms with Crippen molar-refractivity contribution >= 4 is 5.96 Å². The second-order valence-electron chi connectivity index (χ2n) is 5.30. The Morgan fingerprint density at radius 3 is 2.61 bits per heavy atom. The lowest BCUT2D eigenvalue weighted by Gasteiger charge is -2.36. The maximum atomic E-state index is 12.8. The van der Waals surface area contributed by atoms with Crippen LogP contribution in [0.4, 0.5) is 4.39 Å². The molecule has 0 aromatic heterocycles. The van der Waals surface area contributed by atoms with E-state index in [-0.39, 0.29) is 5.82 Å². The molecular weight excluding hydrogens is 229 g/mol. The molecule has 4 heteroatoms. The third-order valence-corrected chi connectivity index (χ3v) is 3.73. The average molecular weight is 247 g/mol. The lowest BCUT2D eigenvalue weighted by Crippen LogP contribution is -2.48. The van der Waals surface area contributed by atoms with E-state index in [9.17, 15) is 4.39 Å². The normalized spacial score (nSPS) is 30.3. The number of nitrogens with zero attached hydrogens (tertiary/aromatic N) is 1. The minimum Gasteiger partial charge on any atom is -0.354 e. The van der Waals surface area contributed by atoms with Gasteiger partial charge in [-0.1, -0.05) is 12.1 Å². The Morgan fingerprint density at radius 2 is 2.00 bits per heavy atom. The molecule has 1 aromatic rings. The van der Waals surface area contributed by atoms with Crippen LogP contribution in [0.25, 0.3) is 0 Å². The summed E-state index contributed by atoms with van der Waals surface area (Å²) >= 11 is 0. The zero-order valence-corrected chi connectivity index (χ0v) is 10.5. The van der Waals surface area contributed by atoms with Gasteiger partial charge >= 0.3 is 0 Å². The molecule has 0 amide bonds. The molecule has 0 spiro atoms. The lowest BCUT2D eigenvalue weighted by atomic mass is 9.76. The Hall–Kier alpha value is -1.58. The summed E-state index contributed by atoms with van der Waals surface area (Å²) in [4.78, 5) is 4.39. The zero-order chi connectivity index (χ0) is 12.5. The van der Waals surface area contributed by atoms with Crippen molar-refractivity contribution in [3.05, 3.63) is 35.6 Å². The van der Waals surface area contributed by atoms with Crippen molar-refractivity contribution < 1.29 is 4.39 Å². The molecule has 0 bridgehead atoms. The second-order valence-corrected chi connectivity index (χ2v) is 5.30. The number of halogens is 1.